The standard InChI is InChI=1S/C20H26ClN5OS/c1-6-25(7-2)10-11-26(19(27)17-14(4)12-24(5)23-17)20-22-16-13(3)8-9-15(21)18(16)28-20/h8-9,12H,6-7,10-11H2,1-5H3. The van der Waals surface area contributed by atoms with Gasteiger partial charge in [-0.15, -0.1) is 0 Å². The second-order valence-electron chi connectivity index (χ2n) is 6.86. The lowest BCUT2D eigenvalue weighted by Gasteiger charge is -2.24. The molecule has 0 radical (unpaired) electrons. The van der Waals surface area contributed by atoms with Crippen molar-refractivity contribution in [2.45, 2.75) is 27.7 Å². The van der Waals surface area contributed by atoms with E-state index in [1.54, 1.807) is 9.58 Å². The zero-order valence-electron chi connectivity index (χ0n) is 17.0. The topological polar surface area (TPSA) is 54.3 Å². The third kappa shape index (κ3) is 4.06. The molecule has 0 aliphatic carbocycles. The first-order chi connectivity index (χ1) is 13.3. The molecule has 1 amide bonds. The van der Waals surface area contributed by atoms with Crippen LogP contribution >= 0.6 is 22.9 Å². The van der Waals surface area contributed by atoms with Crippen LogP contribution in [0.2, 0.25) is 5.02 Å². The summed E-state index contributed by atoms with van der Waals surface area (Å²) in [5, 5.41) is 5.70. The Balaban J connectivity index is 2.03. The quantitative estimate of drug-likeness (QED) is 0.573. The zero-order chi connectivity index (χ0) is 20.4. The normalized spacial score (nSPS) is 11.5. The fourth-order valence-corrected chi connectivity index (χ4v) is 4.56. The molecule has 2 aromatic heterocycles. The highest BCUT2D eigenvalue weighted by Gasteiger charge is 2.26. The molecule has 0 saturated heterocycles. The van der Waals surface area contributed by atoms with Crippen LogP contribution in [-0.2, 0) is 7.05 Å². The predicted octanol–water partition coefficient (Wildman–Crippen LogP) is 4.29. The van der Waals surface area contributed by atoms with Crippen molar-refractivity contribution in [3.63, 3.8) is 0 Å². The van der Waals surface area contributed by atoms with Crippen LogP contribution in [0.15, 0.2) is 18.3 Å². The molecule has 2 heterocycles. The molecule has 3 aromatic rings. The second kappa shape index (κ2) is 8.59. The molecule has 0 spiro atoms. The van der Waals surface area contributed by atoms with Crippen molar-refractivity contribution in [3.8, 4) is 0 Å². The summed E-state index contributed by atoms with van der Waals surface area (Å²) >= 11 is 7.85. The molecule has 28 heavy (non-hydrogen) atoms. The van der Waals surface area contributed by atoms with Crippen molar-refractivity contribution in [1.82, 2.24) is 19.7 Å². The van der Waals surface area contributed by atoms with E-state index in [0.29, 0.717) is 22.4 Å². The van der Waals surface area contributed by atoms with Crippen molar-refractivity contribution in [3.05, 3.63) is 40.2 Å². The summed E-state index contributed by atoms with van der Waals surface area (Å²) in [6, 6.07) is 3.84. The molecular formula is C20H26ClN5OS. The predicted molar refractivity (Wildman–Crippen MR) is 117 cm³/mol. The van der Waals surface area contributed by atoms with E-state index in [0.717, 1.165) is 41.0 Å². The minimum Gasteiger partial charge on any atom is -0.302 e. The summed E-state index contributed by atoms with van der Waals surface area (Å²) < 4.78 is 2.58. The second-order valence-corrected chi connectivity index (χ2v) is 8.24. The number of aromatic nitrogens is 3. The summed E-state index contributed by atoms with van der Waals surface area (Å²) in [4.78, 5) is 22.2. The summed E-state index contributed by atoms with van der Waals surface area (Å²) in [7, 11) is 1.82. The van der Waals surface area contributed by atoms with Crippen LogP contribution in [-0.4, -0.2) is 51.8 Å². The minimum atomic E-state index is -0.127. The van der Waals surface area contributed by atoms with Crippen molar-refractivity contribution in [2.24, 2.45) is 7.05 Å². The number of carbonyl (C=O) groups excluding carboxylic acids is 1. The van der Waals surface area contributed by atoms with Gasteiger partial charge in [0.25, 0.3) is 5.91 Å². The molecule has 0 aliphatic rings. The van der Waals surface area contributed by atoms with E-state index < -0.39 is 0 Å². The average Bonchev–Trinajstić information content (AvgIpc) is 3.26. The van der Waals surface area contributed by atoms with E-state index in [9.17, 15) is 4.79 Å². The van der Waals surface area contributed by atoms with Crippen molar-refractivity contribution >= 4 is 44.2 Å². The molecular weight excluding hydrogens is 394 g/mol. The summed E-state index contributed by atoms with van der Waals surface area (Å²) in [5.41, 5.74) is 3.22. The number of aryl methyl sites for hydroxylation is 3. The number of fused-ring (bicyclic) bond motifs is 1. The number of amides is 1. The van der Waals surface area contributed by atoms with Crippen molar-refractivity contribution in [1.29, 1.82) is 0 Å². The average molecular weight is 420 g/mol. The Morgan fingerprint density at radius 1 is 1.18 bits per heavy atom. The lowest BCUT2D eigenvalue weighted by Crippen LogP contribution is -2.39. The first kappa shape index (κ1) is 20.8. The maximum absolute atomic E-state index is 13.4. The van der Waals surface area contributed by atoms with Gasteiger partial charge >= 0.3 is 0 Å². The number of hydrogen-bond donors (Lipinski definition) is 0. The Labute approximate surface area is 174 Å². The number of halogens is 1. The SMILES string of the molecule is CCN(CC)CCN(C(=O)c1nn(C)cc1C)c1nc2c(C)ccc(Cl)c2s1. The minimum absolute atomic E-state index is 0.127. The number of rotatable bonds is 7. The fraction of sp³-hybridized carbons (Fsp3) is 0.450. The highest BCUT2D eigenvalue weighted by Crippen LogP contribution is 2.36. The smallest absolute Gasteiger partial charge is 0.280 e. The van der Waals surface area contributed by atoms with Crippen LogP contribution in [0.4, 0.5) is 5.13 Å². The molecule has 0 aliphatic heterocycles. The third-order valence-electron chi connectivity index (χ3n) is 4.91. The summed E-state index contributed by atoms with van der Waals surface area (Å²) in [6.07, 6.45) is 1.86. The molecule has 1 aromatic carbocycles. The van der Waals surface area contributed by atoms with Gasteiger partial charge in [-0.25, -0.2) is 4.98 Å². The maximum Gasteiger partial charge on any atom is 0.280 e. The number of likely N-dealkylation sites (N-methyl/N-ethyl adjacent to an activating group) is 1. The first-order valence-corrected chi connectivity index (χ1v) is 10.6. The van der Waals surface area contributed by atoms with Gasteiger partial charge < -0.3 is 4.90 Å². The van der Waals surface area contributed by atoms with E-state index in [1.807, 2.05) is 39.2 Å². The maximum atomic E-state index is 13.4. The number of benzene rings is 1. The number of anilines is 1. The van der Waals surface area contributed by atoms with E-state index >= 15 is 0 Å². The summed E-state index contributed by atoms with van der Waals surface area (Å²) in [5.74, 6) is -0.127. The van der Waals surface area contributed by atoms with Gasteiger partial charge in [0, 0.05) is 31.9 Å². The molecule has 0 fully saturated rings. The highest BCUT2D eigenvalue weighted by atomic mass is 35.5. The van der Waals surface area contributed by atoms with Gasteiger partial charge in [-0.2, -0.15) is 5.10 Å². The van der Waals surface area contributed by atoms with Crippen LogP contribution in [0, 0.1) is 13.8 Å². The lowest BCUT2D eigenvalue weighted by atomic mass is 10.2. The number of nitrogens with zero attached hydrogens (tertiary/aromatic N) is 5. The van der Waals surface area contributed by atoms with Gasteiger partial charge in [0.1, 0.15) is 0 Å². The molecule has 6 nitrogen and oxygen atoms in total. The highest BCUT2D eigenvalue weighted by molar-refractivity contribution is 7.23. The van der Waals surface area contributed by atoms with Crippen LogP contribution in [0.5, 0.6) is 0 Å². The van der Waals surface area contributed by atoms with Crippen molar-refractivity contribution < 1.29 is 4.79 Å². The lowest BCUT2D eigenvalue weighted by molar-refractivity contribution is 0.0977. The Bertz CT molecular complexity index is 953. The number of thiazole rings is 1. The van der Waals surface area contributed by atoms with Crippen LogP contribution in [0.3, 0.4) is 0 Å². The monoisotopic (exact) mass is 419 g/mol. The van der Waals surface area contributed by atoms with Crippen LogP contribution in [0.25, 0.3) is 10.2 Å². The largest absolute Gasteiger partial charge is 0.302 e. The molecule has 3 rings (SSSR count). The number of hydrogen-bond acceptors (Lipinski definition) is 5. The number of carbonyl (C=O) groups is 1. The Morgan fingerprint density at radius 3 is 2.46 bits per heavy atom. The van der Waals surface area contributed by atoms with Crippen LogP contribution in [0.1, 0.15) is 35.5 Å². The molecule has 0 N–H and O–H groups in total. The first-order valence-electron chi connectivity index (χ1n) is 9.45. The molecule has 0 atom stereocenters. The Kier molecular flexibility index (Phi) is 6.37. The van der Waals surface area contributed by atoms with E-state index in [4.69, 9.17) is 16.6 Å². The van der Waals surface area contributed by atoms with Gasteiger partial charge in [-0.1, -0.05) is 42.9 Å². The van der Waals surface area contributed by atoms with Gasteiger partial charge in [0.15, 0.2) is 10.8 Å². The molecule has 0 bridgehead atoms. The van der Waals surface area contributed by atoms with Crippen LogP contribution < -0.4 is 4.90 Å². The van der Waals surface area contributed by atoms with Crippen molar-refractivity contribution in [2.75, 3.05) is 31.1 Å². The molecule has 0 unspecified atom stereocenters. The molecule has 150 valence electrons. The Morgan fingerprint density at radius 2 is 1.89 bits per heavy atom. The van der Waals surface area contributed by atoms with Gasteiger partial charge in [-0.05, 0) is 38.6 Å². The Hall–Kier alpha value is -1.96. The molecule has 8 heteroatoms. The third-order valence-corrected chi connectivity index (χ3v) is 6.45. The van der Waals surface area contributed by atoms with E-state index in [2.05, 4.69) is 23.8 Å². The zero-order valence-corrected chi connectivity index (χ0v) is 18.6. The fourth-order valence-electron chi connectivity index (χ4n) is 3.22. The van der Waals surface area contributed by atoms with E-state index in [-0.39, 0.29) is 5.91 Å². The van der Waals surface area contributed by atoms with Gasteiger partial charge in [0.05, 0.1) is 15.2 Å². The van der Waals surface area contributed by atoms with Gasteiger partial charge in [0.2, 0.25) is 0 Å². The molecule has 0 saturated carbocycles. The van der Waals surface area contributed by atoms with Gasteiger partial charge in [-0.3, -0.25) is 14.4 Å². The van der Waals surface area contributed by atoms with E-state index in [1.165, 1.54) is 11.3 Å². The summed E-state index contributed by atoms with van der Waals surface area (Å²) in [6.45, 7) is 11.4.